The average molecular weight is 317 g/mol. The summed E-state index contributed by atoms with van der Waals surface area (Å²) in [5, 5.41) is 10.4. The summed E-state index contributed by atoms with van der Waals surface area (Å²) < 4.78 is 16.2. The van der Waals surface area contributed by atoms with Gasteiger partial charge in [0, 0.05) is 27.1 Å². The molecule has 4 atom stereocenters. The number of aliphatic hydroxyl groups excluding tert-OH is 1. The van der Waals surface area contributed by atoms with Crippen molar-refractivity contribution in [2.75, 3.05) is 14.2 Å². The van der Waals surface area contributed by atoms with Gasteiger partial charge in [0.1, 0.15) is 0 Å². The van der Waals surface area contributed by atoms with Gasteiger partial charge >= 0.3 is 0 Å². The first-order valence-corrected chi connectivity index (χ1v) is 11.4. The molecule has 1 rings (SSSR count). The Balaban J connectivity index is 2.52. The van der Waals surface area contributed by atoms with E-state index in [1.54, 1.807) is 14.2 Å². The van der Waals surface area contributed by atoms with E-state index in [0.29, 0.717) is 5.92 Å². The Kier molecular flexibility index (Phi) is 7.57. The summed E-state index contributed by atoms with van der Waals surface area (Å²) in [6, 6.07) is 0. The molecule has 0 radical (unpaired) electrons. The molecule has 1 saturated heterocycles. The maximum absolute atomic E-state index is 10.4. The average Bonchev–Trinajstić information content (AvgIpc) is 2.43. The van der Waals surface area contributed by atoms with E-state index >= 15 is 0 Å². The predicted octanol–water partition coefficient (Wildman–Crippen LogP) is 3.18. The third-order valence-corrected chi connectivity index (χ3v) is 5.15. The molecular formula is C16H32O4Si. The molecule has 0 unspecified atom stereocenters. The van der Waals surface area contributed by atoms with Crippen LogP contribution in [0.1, 0.15) is 26.2 Å². The molecule has 124 valence electrons. The molecule has 4 nitrogen and oxygen atoms in total. The predicted molar refractivity (Wildman–Crippen MR) is 87.7 cm³/mol. The Bertz CT molecular complexity index is 315. The largest absolute Gasteiger partial charge is 0.393 e. The SMILES string of the molecule is CO[C@@H]1CC(C[C@@H](O)[C@H](C)/C=C/[Si](C)(C)C)C[C@@H](OC)O1. The van der Waals surface area contributed by atoms with Crippen molar-refractivity contribution >= 4 is 8.07 Å². The van der Waals surface area contributed by atoms with Crippen molar-refractivity contribution < 1.29 is 19.3 Å². The minimum Gasteiger partial charge on any atom is -0.393 e. The molecule has 1 aliphatic rings. The van der Waals surface area contributed by atoms with Gasteiger partial charge in [-0.25, -0.2) is 0 Å². The first-order valence-electron chi connectivity index (χ1n) is 7.83. The van der Waals surface area contributed by atoms with Crippen LogP contribution in [0.4, 0.5) is 0 Å². The first-order chi connectivity index (χ1) is 9.75. The van der Waals surface area contributed by atoms with Crippen molar-refractivity contribution in [1.29, 1.82) is 0 Å². The highest BCUT2D eigenvalue weighted by atomic mass is 28.3. The highest BCUT2D eigenvalue weighted by Gasteiger charge is 2.31. The van der Waals surface area contributed by atoms with Crippen molar-refractivity contribution in [3.8, 4) is 0 Å². The van der Waals surface area contributed by atoms with E-state index in [1.807, 2.05) is 0 Å². The van der Waals surface area contributed by atoms with E-state index in [2.05, 4.69) is 38.3 Å². The van der Waals surface area contributed by atoms with Gasteiger partial charge in [-0.3, -0.25) is 0 Å². The summed E-state index contributed by atoms with van der Waals surface area (Å²) in [7, 11) is 2.09. The zero-order valence-corrected chi connectivity index (χ0v) is 15.3. The third kappa shape index (κ3) is 7.06. The van der Waals surface area contributed by atoms with Crippen LogP contribution in [-0.4, -0.2) is 46.1 Å². The molecule has 1 N–H and O–H groups in total. The van der Waals surface area contributed by atoms with Crippen molar-refractivity contribution in [2.45, 2.75) is 64.5 Å². The fourth-order valence-electron chi connectivity index (χ4n) is 2.54. The second-order valence-corrected chi connectivity index (χ2v) is 12.3. The van der Waals surface area contributed by atoms with Crippen LogP contribution in [0.5, 0.6) is 0 Å². The number of rotatable bonds is 7. The normalized spacial score (nSPS) is 30.5. The molecule has 0 aromatic heterocycles. The minimum atomic E-state index is -1.20. The molecule has 1 heterocycles. The number of hydrogen-bond acceptors (Lipinski definition) is 4. The summed E-state index contributed by atoms with van der Waals surface area (Å²) in [5.41, 5.74) is 2.31. The van der Waals surface area contributed by atoms with Crippen LogP contribution in [0.15, 0.2) is 11.8 Å². The van der Waals surface area contributed by atoms with Gasteiger partial charge in [0.15, 0.2) is 12.6 Å². The zero-order valence-electron chi connectivity index (χ0n) is 14.3. The van der Waals surface area contributed by atoms with Crippen molar-refractivity contribution in [3.05, 3.63) is 11.8 Å². The van der Waals surface area contributed by atoms with Crippen LogP contribution in [-0.2, 0) is 14.2 Å². The topological polar surface area (TPSA) is 47.9 Å². The molecule has 21 heavy (non-hydrogen) atoms. The second-order valence-electron chi connectivity index (χ2n) is 7.19. The zero-order chi connectivity index (χ0) is 16.0. The molecule has 0 aromatic rings. The molecule has 0 bridgehead atoms. The Labute approximate surface area is 130 Å². The summed E-state index contributed by atoms with van der Waals surface area (Å²) in [5.74, 6) is 0.549. The smallest absolute Gasteiger partial charge is 0.160 e. The van der Waals surface area contributed by atoms with Crippen molar-refractivity contribution in [2.24, 2.45) is 11.8 Å². The fourth-order valence-corrected chi connectivity index (χ4v) is 3.42. The van der Waals surface area contributed by atoms with Gasteiger partial charge in [0.2, 0.25) is 0 Å². The Hall–Kier alpha value is -0.203. The lowest BCUT2D eigenvalue weighted by molar-refractivity contribution is -0.264. The van der Waals surface area contributed by atoms with Crippen LogP contribution in [0.2, 0.25) is 19.6 Å². The lowest BCUT2D eigenvalue weighted by Crippen LogP contribution is -2.36. The van der Waals surface area contributed by atoms with Gasteiger partial charge in [-0.15, -0.1) is 0 Å². The van der Waals surface area contributed by atoms with Crippen LogP contribution in [0.25, 0.3) is 0 Å². The van der Waals surface area contributed by atoms with Gasteiger partial charge < -0.3 is 19.3 Å². The summed E-state index contributed by atoms with van der Waals surface area (Å²) in [4.78, 5) is 0. The molecule has 1 fully saturated rings. The van der Waals surface area contributed by atoms with Gasteiger partial charge in [0.05, 0.1) is 14.2 Å². The van der Waals surface area contributed by atoms with E-state index in [1.165, 1.54) is 0 Å². The lowest BCUT2D eigenvalue weighted by Gasteiger charge is -2.35. The maximum atomic E-state index is 10.4. The molecule has 5 heteroatoms. The van der Waals surface area contributed by atoms with Crippen LogP contribution in [0, 0.1) is 11.8 Å². The molecule has 1 aliphatic heterocycles. The molecular weight excluding hydrogens is 284 g/mol. The van der Waals surface area contributed by atoms with E-state index in [9.17, 15) is 5.11 Å². The summed E-state index contributed by atoms with van der Waals surface area (Å²) in [6.07, 6.45) is 3.80. The van der Waals surface area contributed by atoms with Crippen LogP contribution < -0.4 is 0 Å². The monoisotopic (exact) mass is 316 g/mol. The third-order valence-electron chi connectivity index (χ3n) is 3.96. The van der Waals surface area contributed by atoms with Gasteiger partial charge in [0.25, 0.3) is 0 Å². The molecule has 0 saturated carbocycles. The Morgan fingerprint density at radius 3 is 2.14 bits per heavy atom. The Morgan fingerprint density at radius 2 is 1.71 bits per heavy atom. The molecule has 0 aromatic carbocycles. The number of aliphatic hydroxyl groups is 1. The number of ether oxygens (including phenoxy) is 3. The van der Waals surface area contributed by atoms with E-state index in [-0.39, 0.29) is 24.6 Å². The standard InChI is InChI=1S/C16H32O4Si/c1-12(7-8-21(4,5)6)14(17)9-13-10-15(18-2)20-16(11-13)19-3/h7-8,12-17H,9-11H2,1-6H3/b8-7+/t12-,14-,15+,16+/m1/s1. The second kappa shape index (κ2) is 8.43. The molecule has 0 amide bonds. The molecule has 0 aliphatic carbocycles. The van der Waals surface area contributed by atoms with E-state index in [0.717, 1.165) is 19.3 Å². The lowest BCUT2D eigenvalue weighted by atomic mass is 9.88. The van der Waals surface area contributed by atoms with Crippen LogP contribution >= 0.6 is 0 Å². The minimum absolute atomic E-state index is 0.182. The molecule has 0 spiro atoms. The summed E-state index contributed by atoms with van der Waals surface area (Å²) in [6.45, 7) is 8.98. The highest BCUT2D eigenvalue weighted by Crippen LogP contribution is 2.30. The number of hydrogen-bond donors (Lipinski definition) is 1. The van der Waals surface area contributed by atoms with Crippen molar-refractivity contribution in [3.63, 3.8) is 0 Å². The van der Waals surface area contributed by atoms with Gasteiger partial charge in [-0.05, 0) is 18.3 Å². The van der Waals surface area contributed by atoms with E-state index < -0.39 is 8.07 Å². The first kappa shape index (κ1) is 18.8. The van der Waals surface area contributed by atoms with Crippen molar-refractivity contribution in [1.82, 2.24) is 0 Å². The van der Waals surface area contributed by atoms with E-state index in [4.69, 9.17) is 14.2 Å². The highest BCUT2D eigenvalue weighted by molar-refractivity contribution is 6.80. The van der Waals surface area contributed by atoms with Crippen LogP contribution in [0.3, 0.4) is 0 Å². The number of methoxy groups -OCH3 is 2. The quantitative estimate of drug-likeness (QED) is 0.733. The Morgan fingerprint density at radius 1 is 1.19 bits per heavy atom. The van der Waals surface area contributed by atoms with Gasteiger partial charge in [-0.1, -0.05) is 38.3 Å². The maximum Gasteiger partial charge on any atom is 0.160 e. The van der Waals surface area contributed by atoms with Gasteiger partial charge in [-0.2, -0.15) is 0 Å². The summed E-state index contributed by atoms with van der Waals surface area (Å²) >= 11 is 0. The fraction of sp³-hybridized carbons (Fsp3) is 0.875.